The molecule has 0 aromatic rings. The van der Waals surface area contributed by atoms with E-state index in [-0.39, 0.29) is 0 Å². The molecule has 1 N–H and O–H groups in total. The van der Waals surface area contributed by atoms with Gasteiger partial charge in [0.05, 0.1) is 6.61 Å². The van der Waals surface area contributed by atoms with E-state index in [0.29, 0.717) is 0 Å². The highest BCUT2D eigenvalue weighted by molar-refractivity contribution is 4.51. The molecule has 0 aliphatic carbocycles. The van der Waals surface area contributed by atoms with Crippen molar-refractivity contribution in [3.05, 3.63) is 12.7 Å². The fourth-order valence-electron chi connectivity index (χ4n) is 0.671. The quantitative estimate of drug-likeness (QED) is 0.567. The number of rotatable bonds is 0. The summed E-state index contributed by atoms with van der Waals surface area (Å²) in [6.45, 7) is 13.2. The first-order valence-electron chi connectivity index (χ1n) is 4.77. The second-order valence-corrected chi connectivity index (χ2v) is 2.12. The molecule has 0 saturated carbocycles. The molecule has 2 heteroatoms. The molecule has 2 nitrogen and oxygen atoms in total. The van der Waals surface area contributed by atoms with Gasteiger partial charge < -0.3 is 10.1 Å². The Morgan fingerprint density at radius 1 is 1.25 bits per heavy atom. The number of hydrogen-bond donors (Lipinski definition) is 1. The van der Waals surface area contributed by atoms with Crippen LogP contribution >= 0.6 is 0 Å². The summed E-state index contributed by atoms with van der Waals surface area (Å²) in [6, 6.07) is 0. The van der Waals surface area contributed by atoms with Crippen LogP contribution in [0.4, 0.5) is 0 Å². The van der Waals surface area contributed by atoms with Gasteiger partial charge in [-0.15, -0.1) is 6.58 Å². The molecule has 1 heterocycles. The van der Waals surface area contributed by atoms with Gasteiger partial charge in [0.1, 0.15) is 0 Å². The van der Waals surface area contributed by atoms with Crippen molar-refractivity contribution in [2.24, 2.45) is 0 Å². The molecule has 1 fully saturated rings. The van der Waals surface area contributed by atoms with Gasteiger partial charge in [-0.25, -0.2) is 0 Å². The van der Waals surface area contributed by atoms with Gasteiger partial charge in [0.25, 0.3) is 0 Å². The van der Waals surface area contributed by atoms with Crippen molar-refractivity contribution in [3.63, 3.8) is 0 Å². The predicted octanol–water partition coefficient (Wildman–Crippen LogP) is 2.21. The Labute approximate surface area is 77.0 Å². The third-order valence-electron chi connectivity index (χ3n) is 1.07. The van der Waals surface area contributed by atoms with Crippen molar-refractivity contribution in [1.29, 1.82) is 0 Å². The molecule has 12 heavy (non-hydrogen) atoms. The molecule has 1 rings (SSSR count). The Morgan fingerprint density at radius 3 is 2.42 bits per heavy atom. The zero-order valence-electron chi connectivity index (χ0n) is 8.73. The average molecular weight is 173 g/mol. The third-order valence-corrected chi connectivity index (χ3v) is 1.07. The van der Waals surface area contributed by atoms with E-state index in [1.807, 2.05) is 20.8 Å². The van der Waals surface area contributed by atoms with Gasteiger partial charge in [-0.05, 0) is 19.9 Å². The van der Waals surface area contributed by atoms with Crippen LogP contribution in [0.25, 0.3) is 0 Å². The maximum Gasteiger partial charge on any atom is 0.0590 e. The Morgan fingerprint density at radius 2 is 1.83 bits per heavy atom. The molecule has 74 valence electrons. The number of nitrogens with one attached hydrogen (secondary N) is 1. The van der Waals surface area contributed by atoms with Crippen LogP contribution in [0, 0.1) is 0 Å². The van der Waals surface area contributed by atoms with Gasteiger partial charge in [-0.1, -0.05) is 19.9 Å². The van der Waals surface area contributed by atoms with Crippen LogP contribution in [0.3, 0.4) is 0 Å². The molecule has 0 unspecified atom stereocenters. The van der Waals surface area contributed by atoms with Crippen LogP contribution in [0.5, 0.6) is 0 Å². The molecular weight excluding hydrogens is 150 g/mol. The highest BCUT2D eigenvalue weighted by atomic mass is 16.5. The minimum atomic E-state index is 0.889. The zero-order chi connectivity index (χ0) is 9.66. The molecule has 1 aliphatic rings. The Hall–Kier alpha value is -0.340. The van der Waals surface area contributed by atoms with Crippen LogP contribution in [0.15, 0.2) is 12.7 Å². The molecule has 0 radical (unpaired) electrons. The summed E-state index contributed by atoms with van der Waals surface area (Å²) in [4.78, 5) is 0. The monoisotopic (exact) mass is 173 g/mol. The number of hydrogen-bond acceptors (Lipinski definition) is 2. The largest absolute Gasteiger partial charge is 0.380 e. The molecular formula is C10H23NO. The van der Waals surface area contributed by atoms with Crippen LogP contribution in [-0.4, -0.2) is 26.3 Å². The van der Waals surface area contributed by atoms with E-state index in [4.69, 9.17) is 4.74 Å². The maximum atomic E-state index is 5.13. The lowest BCUT2D eigenvalue weighted by Gasteiger charge is -1.91. The van der Waals surface area contributed by atoms with E-state index in [1.54, 1.807) is 6.08 Å². The van der Waals surface area contributed by atoms with Crippen molar-refractivity contribution in [2.45, 2.75) is 27.2 Å². The van der Waals surface area contributed by atoms with E-state index in [2.05, 4.69) is 11.9 Å². The fourth-order valence-corrected chi connectivity index (χ4v) is 0.671. The third kappa shape index (κ3) is 16.3. The highest BCUT2D eigenvalue weighted by Gasteiger charge is 1.93. The van der Waals surface area contributed by atoms with Gasteiger partial charge in [-0.3, -0.25) is 0 Å². The van der Waals surface area contributed by atoms with Crippen molar-refractivity contribution in [3.8, 4) is 0 Å². The fraction of sp³-hybridized carbons (Fsp3) is 0.800. The molecule has 0 amide bonds. The molecule has 0 aromatic heterocycles. The summed E-state index contributed by atoms with van der Waals surface area (Å²) in [5, 5.41) is 3.22. The molecule has 1 saturated heterocycles. The Balaban J connectivity index is 0. The Kier molecular flexibility index (Phi) is 20.1. The normalized spacial score (nSPS) is 15.6. The van der Waals surface area contributed by atoms with Crippen molar-refractivity contribution in [1.82, 2.24) is 5.32 Å². The summed E-state index contributed by atoms with van der Waals surface area (Å²) in [5.74, 6) is 0. The van der Waals surface area contributed by atoms with E-state index < -0.39 is 0 Å². The summed E-state index contributed by atoms with van der Waals surface area (Å²) in [5.41, 5.74) is 0. The molecule has 0 spiro atoms. The van der Waals surface area contributed by atoms with Gasteiger partial charge in [-0.2, -0.15) is 0 Å². The summed E-state index contributed by atoms with van der Waals surface area (Å²) < 4.78 is 5.13. The molecule has 1 aliphatic heterocycles. The van der Waals surface area contributed by atoms with E-state index in [1.165, 1.54) is 6.42 Å². The van der Waals surface area contributed by atoms with E-state index in [9.17, 15) is 0 Å². The van der Waals surface area contributed by atoms with Gasteiger partial charge in [0.15, 0.2) is 0 Å². The molecule has 0 aromatic carbocycles. The highest BCUT2D eigenvalue weighted by Crippen LogP contribution is 1.83. The molecule has 0 bridgehead atoms. The smallest absolute Gasteiger partial charge is 0.0590 e. The van der Waals surface area contributed by atoms with Gasteiger partial charge >= 0.3 is 0 Å². The summed E-state index contributed by atoms with van der Waals surface area (Å²) >= 11 is 0. The standard InChI is InChI=1S/C5H11NO.C3H6.C2H6/c1-2-6-3-5-7-4-1;1-3-2;1-2/h6H,1-5H2;3H,1H2,2H3;1-2H3. The van der Waals surface area contributed by atoms with Crippen molar-refractivity contribution in [2.75, 3.05) is 26.3 Å². The SMILES string of the molecule is C1CNCCOC1.C=CC.CC. The van der Waals surface area contributed by atoms with Crippen molar-refractivity contribution >= 4 is 0 Å². The second kappa shape index (κ2) is 17.0. The van der Waals surface area contributed by atoms with Crippen LogP contribution in [0.2, 0.25) is 0 Å². The maximum absolute atomic E-state index is 5.13. The van der Waals surface area contributed by atoms with E-state index >= 15 is 0 Å². The lowest BCUT2D eigenvalue weighted by Crippen LogP contribution is -2.15. The minimum absolute atomic E-state index is 0.889. The van der Waals surface area contributed by atoms with Gasteiger partial charge in [0.2, 0.25) is 0 Å². The minimum Gasteiger partial charge on any atom is -0.380 e. The van der Waals surface area contributed by atoms with Gasteiger partial charge in [0, 0.05) is 13.2 Å². The first kappa shape index (κ1) is 14.2. The Bertz CT molecular complexity index is 54.6. The lowest BCUT2D eigenvalue weighted by atomic mass is 10.5. The first-order valence-corrected chi connectivity index (χ1v) is 4.77. The summed E-state index contributed by atoms with van der Waals surface area (Å²) in [6.07, 6.45) is 2.92. The van der Waals surface area contributed by atoms with Crippen LogP contribution in [0.1, 0.15) is 27.2 Å². The average Bonchev–Trinajstić information content (AvgIpc) is 2.40. The van der Waals surface area contributed by atoms with Crippen LogP contribution < -0.4 is 5.32 Å². The lowest BCUT2D eigenvalue weighted by molar-refractivity contribution is 0.151. The molecule has 0 atom stereocenters. The second-order valence-electron chi connectivity index (χ2n) is 2.12. The predicted molar refractivity (Wildman–Crippen MR) is 55.5 cm³/mol. The van der Waals surface area contributed by atoms with Crippen LogP contribution in [-0.2, 0) is 4.74 Å². The summed E-state index contributed by atoms with van der Waals surface area (Å²) in [7, 11) is 0. The topological polar surface area (TPSA) is 21.3 Å². The van der Waals surface area contributed by atoms with Crippen molar-refractivity contribution < 1.29 is 4.74 Å². The number of allylic oxidation sites excluding steroid dienone is 1. The number of ether oxygens (including phenoxy) is 1. The van der Waals surface area contributed by atoms with E-state index in [0.717, 1.165) is 26.3 Å². The zero-order valence-corrected chi connectivity index (χ0v) is 8.73. The first-order chi connectivity index (χ1) is 5.91.